The molecule has 0 saturated carbocycles. The first-order valence-corrected chi connectivity index (χ1v) is 7.56. The van der Waals surface area contributed by atoms with E-state index in [1.807, 2.05) is 19.9 Å². The highest BCUT2D eigenvalue weighted by atomic mass is 19.1. The molecule has 0 fully saturated rings. The van der Waals surface area contributed by atoms with Crippen molar-refractivity contribution in [2.75, 3.05) is 44.4 Å². The number of halogens is 1. The smallest absolute Gasteiger partial charge is 0.130 e. The number of hydrogen-bond acceptors (Lipinski definition) is 4. The van der Waals surface area contributed by atoms with Crippen LogP contribution in [-0.4, -0.2) is 39.5 Å². The molecule has 1 rings (SSSR count). The second kappa shape index (κ2) is 9.71. The molecule has 120 valence electrons. The van der Waals surface area contributed by atoms with Crippen LogP contribution in [0, 0.1) is 5.82 Å². The van der Waals surface area contributed by atoms with E-state index in [-0.39, 0.29) is 11.9 Å². The van der Waals surface area contributed by atoms with E-state index in [2.05, 4.69) is 4.90 Å². The average molecular weight is 298 g/mol. The van der Waals surface area contributed by atoms with Crippen LogP contribution < -0.4 is 10.6 Å². The average Bonchev–Trinajstić information content (AvgIpc) is 2.45. The fourth-order valence-electron chi connectivity index (χ4n) is 2.24. The summed E-state index contributed by atoms with van der Waals surface area (Å²) in [4.78, 5) is 2.08. The number of hydrogen-bond donors (Lipinski definition) is 1. The fourth-order valence-corrected chi connectivity index (χ4v) is 2.24. The molecular formula is C16H27FN2O2. The Labute approximate surface area is 127 Å². The Bertz CT molecular complexity index is 403. The molecule has 0 heterocycles. The first-order valence-electron chi connectivity index (χ1n) is 7.56. The van der Waals surface area contributed by atoms with Crippen molar-refractivity contribution < 1.29 is 13.9 Å². The van der Waals surface area contributed by atoms with Crippen molar-refractivity contribution in [3.05, 3.63) is 29.6 Å². The van der Waals surface area contributed by atoms with Crippen molar-refractivity contribution in [1.82, 2.24) is 0 Å². The Morgan fingerprint density at radius 3 is 2.19 bits per heavy atom. The van der Waals surface area contributed by atoms with Gasteiger partial charge in [-0.1, -0.05) is 6.07 Å². The lowest BCUT2D eigenvalue weighted by molar-refractivity contribution is 0.141. The van der Waals surface area contributed by atoms with Crippen LogP contribution in [0.5, 0.6) is 0 Å². The van der Waals surface area contributed by atoms with Gasteiger partial charge >= 0.3 is 0 Å². The molecule has 0 aliphatic rings. The van der Waals surface area contributed by atoms with Crippen LogP contribution in [0.4, 0.5) is 10.1 Å². The van der Waals surface area contributed by atoms with Gasteiger partial charge in [0.15, 0.2) is 0 Å². The van der Waals surface area contributed by atoms with Gasteiger partial charge in [0, 0.05) is 43.6 Å². The Morgan fingerprint density at radius 2 is 1.71 bits per heavy atom. The van der Waals surface area contributed by atoms with Crippen LogP contribution in [0.2, 0.25) is 0 Å². The Morgan fingerprint density at radius 1 is 1.14 bits per heavy atom. The predicted molar refractivity (Wildman–Crippen MR) is 84.2 cm³/mol. The van der Waals surface area contributed by atoms with E-state index in [9.17, 15) is 4.39 Å². The molecule has 0 amide bonds. The summed E-state index contributed by atoms with van der Waals surface area (Å²) in [5.74, 6) is -0.264. The number of ether oxygens (including phenoxy) is 2. The first-order chi connectivity index (χ1) is 10.1. The van der Waals surface area contributed by atoms with Crippen molar-refractivity contribution >= 4 is 5.69 Å². The maximum Gasteiger partial charge on any atom is 0.130 e. The van der Waals surface area contributed by atoms with Gasteiger partial charge in [0.2, 0.25) is 0 Å². The summed E-state index contributed by atoms with van der Waals surface area (Å²) in [7, 11) is 0. The normalized spacial score (nSPS) is 12.4. The zero-order chi connectivity index (χ0) is 15.7. The standard InChI is InChI=1S/C16H27FN2O2/c1-4-20-11-9-19(10-12-21-5-2)15-8-6-7-14(17)16(15)13(3)18/h6-8,13H,4-5,9-12,18H2,1-3H3. The van der Waals surface area contributed by atoms with Gasteiger partial charge in [-0.2, -0.15) is 0 Å². The largest absolute Gasteiger partial charge is 0.380 e. The zero-order valence-electron chi connectivity index (χ0n) is 13.3. The number of nitrogens with zero attached hydrogens (tertiary/aromatic N) is 1. The minimum atomic E-state index is -0.358. The predicted octanol–water partition coefficient (Wildman–Crippen LogP) is 2.72. The lowest BCUT2D eigenvalue weighted by atomic mass is 10.0. The SMILES string of the molecule is CCOCCN(CCOCC)c1cccc(F)c1C(C)N. The van der Waals surface area contributed by atoms with Gasteiger partial charge in [-0.05, 0) is 32.9 Å². The second-order valence-corrected chi connectivity index (χ2v) is 4.84. The topological polar surface area (TPSA) is 47.7 Å². The molecule has 1 atom stereocenters. The lowest BCUT2D eigenvalue weighted by Crippen LogP contribution is -2.32. The van der Waals surface area contributed by atoms with E-state index >= 15 is 0 Å². The summed E-state index contributed by atoms with van der Waals surface area (Å²) in [6, 6.07) is 4.71. The lowest BCUT2D eigenvalue weighted by Gasteiger charge is -2.28. The van der Waals surface area contributed by atoms with Crippen LogP contribution in [0.15, 0.2) is 18.2 Å². The number of rotatable bonds is 10. The highest BCUT2D eigenvalue weighted by Gasteiger charge is 2.17. The Kier molecular flexibility index (Phi) is 8.27. The van der Waals surface area contributed by atoms with Gasteiger partial charge in [-0.15, -0.1) is 0 Å². The number of anilines is 1. The summed E-state index contributed by atoms with van der Waals surface area (Å²) in [5, 5.41) is 0. The molecule has 1 aromatic carbocycles. The van der Waals surface area contributed by atoms with Crippen LogP contribution in [-0.2, 0) is 9.47 Å². The number of nitrogens with two attached hydrogens (primary N) is 1. The monoisotopic (exact) mass is 298 g/mol. The third-order valence-corrected chi connectivity index (χ3v) is 3.25. The van der Waals surface area contributed by atoms with Gasteiger partial charge in [-0.25, -0.2) is 4.39 Å². The summed E-state index contributed by atoms with van der Waals surface area (Å²) >= 11 is 0. The Balaban J connectivity index is 2.92. The minimum absolute atomic E-state index is 0.264. The van der Waals surface area contributed by atoms with E-state index < -0.39 is 0 Å². The maximum absolute atomic E-state index is 14.1. The summed E-state index contributed by atoms with van der Waals surface area (Å²) < 4.78 is 24.9. The van der Waals surface area contributed by atoms with Crippen LogP contribution in [0.1, 0.15) is 32.4 Å². The van der Waals surface area contributed by atoms with E-state index in [1.54, 1.807) is 13.0 Å². The molecule has 2 N–H and O–H groups in total. The van der Waals surface area contributed by atoms with E-state index in [0.717, 1.165) is 5.69 Å². The third kappa shape index (κ3) is 5.61. The molecule has 21 heavy (non-hydrogen) atoms. The van der Waals surface area contributed by atoms with Crippen molar-refractivity contribution in [2.45, 2.75) is 26.8 Å². The maximum atomic E-state index is 14.1. The van der Waals surface area contributed by atoms with Gasteiger partial charge in [0.25, 0.3) is 0 Å². The van der Waals surface area contributed by atoms with Crippen molar-refractivity contribution in [3.63, 3.8) is 0 Å². The van der Waals surface area contributed by atoms with Gasteiger partial charge in [-0.3, -0.25) is 0 Å². The van der Waals surface area contributed by atoms with E-state index in [1.165, 1.54) is 6.07 Å². The first kappa shape index (κ1) is 17.9. The van der Waals surface area contributed by atoms with Crippen LogP contribution in [0.25, 0.3) is 0 Å². The molecule has 1 aromatic rings. The molecular weight excluding hydrogens is 271 g/mol. The molecule has 5 heteroatoms. The molecule has 0 radical (unpaired) electrons. The van der Waals surface area contributed by atoms with E-state index in [0.29, 0.717) is 45.1 Å². The molecule has 4 nitrogen and oxygen atoms in total. The highest BCUT2D eigenvalue weighted by Crippen LogP contribution is 2.27. The number of benzene rings is 1. The fraction of sp³-hybridized carbons (Fsp3) is 0.625. The van der Waals surface area contributed by atoms with Crippen molar-refractivity contribution in [3.8, 4) is 0 Å². The van der Waals surface area contributed by atoms with Gasteiger partial charge in [0.05, 0.1) is 13.2 Å². The third-order valence-electron chi connectivity index (χ3n) is 3.25. The van der Waals surface area contributed by atoms with Crippen molar-refractivity contribution in [2.24, 2.45) is 5.73 Å². The molecule has 0 bridgehead atoms. The Hall–Kier alpha value is -1.17. The molecule has 0 aliphatic heterocycles. The molecule has 0 aromatic heterocycles. The van der Waals surface area contributed by atoms with Crippen LogP contribution in [0.3, 0.4) is 0 Å². The molecule has 0 aliphatic carbocycles. The van der Waals surface area contributed by atoms with Gasteiger partial charge < -0.3 is 20.1 Å². The van der Waals surface area contributed by atoms with Crippen LogP contribution >= 0.6 is 0 Å². The quantitative estimate of drug-likeness (QED) is 0.675. The van der Waals surface area contributed by atoms with Crippen molar-refractivity contribution in [1.29, 1.82) is 0 Å². The zero-order valence-corrected chi connectivity index (χ0v) is 13.3. The summed E-state index contributed by atoms with van der Waals surface area (Å²) in [6.45, 7) is 9.61. The molecule has 0 saturated heterocycles. The molecule has 1 unspecified atom stereocenters. The highest BCUT2D eigenvalue weighted by molar-refractivity contribution is 5.55. The second-order valence-electron chi connectivity index (χ2n) is 4.84. The summed E-state index contributed by atoms with van der Waals surface area (Å²) in [5.41, 5.74) is 7.30. The van der Waals surface area contributed by atoms with E-state index in [4.69, 9.17) is 15.2 Å². The molecule has 0 spiro atoms. The van der Waals surface area contributed by atoms with Gasteiger partial charge in [0.1, 0.15) is 5.82 Å². The summed E-state index contributed by atoms with van der Waals surface area (Å²) in [6.07, 6.45) is 0. The minimum Gasteiger partial charge on any atom is -0.380 e.